The van der Waals surface area contributed by atoms with Gasteiger partial charge >= 0.3 is 12.0 Å². The zero-order valence-corrected chi connectivity index (χ0v) is 17.9. The fraction of sp³-hybridized carbons (Fsp3) is 0.450. The Balaban J connectivity index is 2.57. The number of esters is 1. The molecule has 0 saturated heterocycles. The highest BCUT2D eigenvalue weighted by Crippen LogP contribution is 2.40. The number of amides is 3. The molecule has 0 aliphatic carbocycles. The van der Waals surface area contributed by atoms with Gasteiger partial charge in [0, 0.05) is 5.70 Å². The molecule has 30 heavy (non-hydrogen) atoms. The van der Waals surface area contributed by atoms with Crippen molar-refractivity contribution in [1.82, 2.24) is 10.6 Å². The summed E-state index contributed by atoms with van der Waals surface area (Å²) in [6.45, 7) is 5.52. The van der Waals surface area contributed by atoms with Gasteiger partial charge in [-0.25, -0.2) is 9.59 Å². The molecule has 164 valence electrons. The van der Waals surface area contributed by atoms with Crippen LogP contribution in [0.2, 0.25) is 5.02 Å². The summed E-state index contributed by atoms with van der Waals surface area (Å²) in [5.74, 6) is -0.799. The van der Waals surface area contributed by atoms with Crippen LogP contribution in [-0.4, -0.2) is 37.7 Å². The number of nitrogens with two attached hydrogens (primary N) is 1. The Morgan fingerprint density at radius 3 is 2.50 bits per heavy atom. The van der Waals surface area contributed by atoms with Gasteiger partial charge in [0.1, 0.15) is 0 Å². The Morgan fingerprint density at radius 2 is 1.90 bits per heavy atom. The van der Waals surface area contributed by atoms with Crippen molar-refractivity contribution in [3.05, 3.63) is 34.0 Å². The van der Waals surface area contributed by atoms with Gasteiger partial charge < -0.3 is 30.6 Å². The van der Waals surface area contributed by atoms with Crippen molar-refractivity contribution in [3.63, 3.8) is 0 Å². The lowest BCUT2D eigenvalue weighted by Gasteiger charge is -2.30. The van der Waals surface area contributed by atoms with Gasteiger partial charge in [0.15, 0.2) is 18.1 Å². The van der Waals surface area contributed by atoms with Crippen molar-refractivity contribution >= 4 is 29.5 Å². The highest BCUT2D eigenvalue weighted by atomic mass is 35.5. The molecule has 4 N–H and O–H groups in total. The first kappa shape index (κ1) is 23.3. The number of halogens is 1. The normalized spacial score (nSPS) is 15.9. The summed E-state index contributed by atoms with van der Waals surface area (Å²) < 4.78 is 16.2. The van der Waals surface area contributed by atoms with E-state index in [9.17, 15) is 14.4 Å². The van der Waals surface area contributed by atoms with E-state index in [0.717, 1.165) is 6.42 Å². The fourth-order valence-corrected chi connectivity index (χ4v) is 3.34. The van der Waals surface area contributed by atoms with Crippen LogP contribution in [0, 0.1) is 0 Å². The number of benzene rings is 1. The van der Waals surface area contributed by atoms with Crippen molar-refractivity contribution in [2.75, 3.05) is 19.8 Å². The molecule has 1 aromatic rings. The van der Waals surface area contributed by atoms with Gasteiger partial charge in [-0.3, -0.25) is 4.79 Å². The second-order valence-corrected chi connectivity index (χ2v) is 6.82. The van der Waals surface area contributed by atoms with Crippen molar-refractivity contribution in [3.8, 4) is 11.5 Å². The SMILES string of the molecule is CCCC1=C(C(=O)OCC)C(c2cc(Cl)c(OCC(N)=O)c(OCC)c2)NC(=O)N1. The van der Waals surface area contributed by atoms with Gasteiger partial charge in [0.25, 0.3) is 5.91 Å². The number of allylic oxidation sites excluding steroid dienone is 1. The van der Waals surface area contributed by atoms with Gasteiger partial charge in [-0.05, 0) is 38.0 Å². The lowest BCUT2D eigenvalue weighted by molar-refractivity contribution is -0.139. The smallest absolute Gasteiger partial charge is 0.338 e. The summed E-state index contributed by atoms with van der Waals surface area (Å²) in [4.78, 5) is 36.0. The fourth-order valence-electron chi connectivity index (χ4n) is 3.07. The molecule has 1 unspecified atom stereocenters. The second-order valence-electron chi connectivity index (χ2n) is 6.41. The molecule has 0 aromatic heterocycles. The molecule has 0 radical (unpaired) electrons. The number of nitrogens with one attached hydrogen (secondary N) is 2. The number of hydrogen-bond donors (Lipinski definition) is 3. The Bertz CT molecular complexity index is 855. The molecule has 9 nitrogen and oxygen atoms in total. The maximum Gasteiger partial charge on any atom is 0.338 e. The summed E-state index contributed by atoms with van der Waals surface area (Å²) in [5.41, 5.74) is 6.43. The number of urea groups is 1. The number of carbonyl (C=O) groups is 3. The quantitative estimate of drug-likeness (QED) is 0.480. The third-order valence-electron chi connectivity index (χ3n) is 4.17. The van der Waals surface area contributed by atoms with Crippen LogP contribution in [0.4, 0.5) is 4.79 Å². The topological polar surface area (TPSA) is 129 Å². The van der Waals surface area contributed by atoms with E-state index in [-0.39, 0.29) is 29.7 Å². The monoisotopic (exact) mass is 439 g/mol. The van der Waals surface area contributed by atoms with Crippen molar-refractivity contribution in [2.24, 2.45) is 5.73 Å². The van der Waals surface area contributed by atoms with Crippen LogP contribution in [-0.2, 0) is 14.3 Å². The van der Waals surface area contributed by atoms with Gasteiger partial charge in [0.05, 0.1) is 29.9 Å². The maximum atomic E-state index is 12.7. The molecule has 1 aliphatic rings. The van der Waals surface area contributed by atoms with E-state index in [1.54, 1.807) is 26.0 Å². The third kappa shape index (κ3) is 5.56. The summed E-state index contributed by atoms with van der Waals surface area (Å²) in [6.07, 6.45) is 1.21. The van der Waals surface area contributed by atoms with E-state index in [0.29, 0.717) is 29.9 Å². The average Bonchev–Trinajstić information content (AvgIpc) is 2.67. The molecule has 0 spiro atoms. The van der Waals surface area contributed by atoms with E-state index in [4.69, 9.17) is 31.5 Å². The number of primary amides is 1. The first-order chi connectivity index (χ1) is 14.3. The Hall–Kier alpha value is -2.94. The lowest BCUT2D eigenvalue weighted by atomic mass is 9.93. The number of rotatable bonds is 10. The summed E-state index contributed by atoms with van der Waals surface area (Å²) in [5, 5.41) is 5.58. The van der Waals surface area contributed by atoms with Gasteiger partial charge in [-0.15, -0.1) is 0 Å². The highest BCUT2D eigenvalue weighted by Gasteiger charge is 2.34. The van der Waals surface area contributed by atoms with Crippen LogP contribution in [0.3, 0.4) is 0 Å². The van der Waals surface area contributed by atoms with Crippen molar-refractivity contribution in [2.45, 2.75) is 39.7 Å². The van der Waals surface area contributed by atoms with Crippen molar-refractivity contribution in [1.29, 1.82) is 0 Å². The Labute approximate surface area is 179 Å². The molecule has 3 amide bonds. The Kier molecular flexibility index (Phi) is 8.35. The van der Waals surface area contributed by atoms with Crippen LogP contribution in [0.5, 0.6) is 11.5 Å². The van der Waals surface area contributed by atoms with Crippen LogP contribution in [0.1, 0.15) is 45.2 Å². The van der Waals surface area contributed by atoms with Gasteiger partial charge in [-0.2, -0.15) is 0 Å². The number of carbonyl (C=O) groups excluding carboxylic acids is 3. The molecule has 0 bridgehead atoms. The molecule has 10 heteroatoms. The highest BCUT2D eigenvalue weighted by molar-refractivity contribution is 6.32. The summed E-state index contributed by atoms with van der Waals surface area (Å²) >= 11 is 6.38. The first-order valence-corrected chi connectivity index (χ1v) is 10.0. The second kappa shape index (κ2) is 10.7. The predicted molar refractivity (Wildman–Crippen MR) is 110 cm³/mol. The Morgan fingerprint density at radius 1 is 1.17 bits per heavy atom. The third-order valence-corrected chi connectivity index (χ3v) is 4.45. The zero-order valence-electron chi connectivity index (χ0n) is 17.2. The van der Waals surface area contributed by atoms with Crippen molar-refractivity contribution < 1.29 is 28.6 Å². The van der Waals surface area contributed by atoms with E-state index in [1.165, 1.54) is 0 Å². The largest absolute Gasteiger partial charge is 0.490 e. The maximum absolute atomic E-state index is 12.7. The average molecular weight is 440 g/mol. The molecule has 0 fully saturated rings. The van der Waals surface area contributed by atoms with E-state index >= 15 is 0 Å². The summed E-state index contributed by atoms with van der Waals surface area (Å²) in [6, 6.07) is 1.89. The predicted octanol–water partition coefficient (Wildman–Crippen LogP) is 2.57. The van der Waals surface area contributed by atoms with Crippen LogP contribution in [0.25, 0.3) is 0 Å². The molecular weight excluding hydrogens is 414 g/mol. The summed E-state index contributed by atoms with van der Waals surface area (Å²) in [7, 11) is 0. The molecule has 1 aliphatic heterocycles. The van der Waals surface area contributed by atoms with Gasteiger partial charge in [-0.1, -0.05) is 24.9 Å². The zero-order chi connectivity index (χ0) is 22.3. The number of ether oxygens (including phenoxy) is 3. The molecule has 1 heterocycles. The lowest BCUT2D eigenvalue weighted by Crippen LogP contribution is -2.46. The van der Waals surface area contributed by atoms with Crippen LogP contribution in [0.15, 0.2) is 23.4 Å². The first-order valence-electron chi connectivity index (χ1n) is 9.67. The van der Waals surface area contributed by atoms with E-state index < -0.39 is 23.9 Å². The molecule has 0 saturated carbocycles. The standard InChI is InChI=1S/C20H26ClN3O6/c1-4-7-13-16(19(26)29-6-3)17(24-20(27)23-13)11-8-12(21)18(30-10-15(22)25)14(9-11)28-5-2/h8-9,17H,4-7,10H2,1-3H3,(H2,22,25)(H2,23,24,27). The molecule has 2 rings (SSSR count). The van der Waals surface area contributed by atoms with Crippen LogP contribution < -0.4 is 25.8 Å². The minimum atomic E-state index is -0.804. The minimum absolute atomic E-state index is 0.144. The molecular formula is C20H26ClN3O6. The van der Waals surface area contributed by atoms with Gasteiger partial charge in [0.2, 0.25) is 0 Å². The minimum Gasteiger partial charge on any atom is -0.490 e. The van der Waals surface area contributed by atoms with E-state index in [2.05, 4.69) is 10.6 Å². The molecule has 1 aromatic carbocycles. The van der Waals surface area contributed by atoms with Crippen LogP contribution >= 0.6 is 11.6 Å². The molecule has 1 atom stereocenters. The number of hydrogen-bond acceptors (Lipinski definition) is 6. The van der Waals surface area contributed by atoms with E-state index in [1.807, 2.05) is 6.92 Å².